The molecule has 30 heavy (non-hydrogen) atoms. The largest absolute Gasteiger partial charge is 0.433 e. The number of carbonyl (C=O) groups is 2. The van der Waals surface area contributed by atoms with E-state index < -0.39 is 43.7 Å². The molecule has 1 aliphatic rings. The molecular weight excluding hydrogens is 419 g/mol. The average molecular weight is 440 g/mol. The molecule has 0 bridgehead atoms. The summed E-state index contributed by atoms with van der Waals surface area (Å²) >= 11 is 0. The van der Waals surface area contributed by atoms with Crippen LogP contribution in [0.5, 0.6) is 5.75 Å². The molecule has 168 valence electrons. The lowest BCUT2D eigenvalue weighted by Crippen LogP contribution is -2.49. The van der Waals surface area contributed by atoms with Gasteiger partial charge in [0.05, 0.1) is 18.8 Å². The third-order valence-electron chi connectivity index (χ3n) is 4.21. The van der Waals surface area contributed by atoms with Crippen LogP contribution in [0.4, 0.5) is 33.3 Å². The number of ether oxygens (including phenoxy) is 2. The summed E-state index contributed by atoms with van der Waals surface area (Å²) in [6.07, 6.45) is -4.53. The molecule has 0 saturated carbocycles. The van der Waals surface area contributed by atoms with Crippen LogP contribution in [0.2, 0.25) is 0 Å². The zero-order chi connectivity index (χ0) is 22.5. The third-order valence-corrected chi connectivity index (χ3v) is 4.21. The lowest BCUT2D eigenvalue weighted by Gasteiger charge is -2.29. The van der Waals surface area contributed by atoms with Gasteiger partial charge in [-0.1, -0.05) is 0 Å². The maximum Gasteiger partial charge on any atom is 0.401 e. The Labute approximate surface area is 168 Å². The van der Waals surface area contributed by atoms with Crippen molar-refractivity contribution in [2.24, 2.45) is 5.73 Å². The number of hydrogen-bond acceptors (Lipinski definition) is 6. The van der Waals surface area contributed by atoms with Crippen molar-refractivity contribution in [2.75, 3.05) is 50.1 Å². The molecule has 0 spiro atoms. The summed E-state index contributed by atoms with van der Waals surface area (Å²) in [5.74, 6) is -1.71. The van der Waals surface area contributed by atoms with Gasteiger partial charge in [0, 0.05) is 24.8 Å². The number of benzene rings is 1. The highest BCUT2D eigenvalue weighted by molar-refractivity contribution is 5.98. The van der Waals surface area contributed by atoms with E-state index in [1.807, 2.05) is 0 Å². The summed E-state index contributed by atoms with van der Waals surface area (Å²) in [6.45, 7) is -4.89. The third kappa shape index (κ3) is 6.50. The highest BCUT2D eigenvalue weighted by Gasteiger charge is 2.34. The molecule has 8 nitrogen and oxygen atoms in total. The van der Waals surface area contributed by atoms with Crippen LogP contribution in [0, 0.1) is 0 Å². The van der Waals surface area contributed by atoms with Crippen molar-refractivity contribution in [3.8, 4) is 5.75 Å². The first-order valence-electron chi connectivity index (χ1n) is 8.76. The first kappa shape index (κ1) is 23.8. The predicted octanol–water partition coefficient (Wildman–Crippen LogP) is 1.41. The molecule has 2 rings (SSSR count). The van der Waals surface area contributed by atoms with E-state index in [4.69, 9.17) is 10.5 Å². The number of likely N-dealkylation sites (N-methyl/N-ethyl adjacent to an activating group) is 1. The van der Waals surface area contributed by atoms with Crippen LogP contribution < -0.4 is 20.7 Å². The van der Waals surface area contributed by atoms with Gasteiger partial charge in [-0.05, 0) is 19.2 Å². The molecular formula is C17H21F5N4O4. The van der Waals surface area contributed by atoms with E-state index in [0.29, 0.717) is 0 Å². The van der Waals surface area contributed by atoms with Gasteiger partial charge in [-0.3, -0.25) is 14.5 Å². The summed E-state index contributed by atoms with van der Waals surface area (Å²) in [6, 6.07) is 2.34. The summed E-state index contributed by atoms with van der Waals surface area (Å²) in [7, 11) is 1.09. The zero-order valence-electron chi connectivity index (χ0n) is 15.9. The minimum absolute atomic E-state index is 0.0148. The first-order valence-corrected chi connectivity index (χ1v) is 8.76. The van der Waals surface area contributed by atoms with Crippen LogP contribution in [0.1, 0.15) is 0 Å². The number of hydrogen-bond donors (Lipinski definition) is 2. The second-order valence-electron chi connectivity index (χ2n) is 6.43. The Bertz CT molecular complexity index is 762. The van der Waals surface area contributed by atoms with Crippen molar-refractivity contribution in [1.29, 1.82) is 0 Å². The van der Waals surface area contributed by atoms with Gasteiger partial charge in [0.15, 0.2) is 5.75 Å². The Balaban J connectivity index is 2.22. The van der Waals surface area contributed by atoms with Crippen LogP contribution in [0.3, 0.4) is 0 Å². The second-order valence-corrected chi connectivity index (χ2v) is 6.43. The van der Waals surface area contributed by atoms with Crippen molar-refractivity contribution < 1.29 is 41.0 Å². The number of anilines is 2. The topological polar surface area (TPSA) is 97.1 Å². The number of morpholine rings is 1. The Kier molecular flexibility index (Phi) is 7.92. The van der Waals surface area contributed by atoms with Gasteiger partial charge in [-0.25, -0.2) is 0 Å². The molecule has 0 aromatic heterocycles. The molecule has 1 saturated heterocycles. The second kappa shape index (κ2) is 10.00. The number of rotatable bonds is 8. The number of nitrogens with zero attached hydrogens (tertiary/aromatic N) is 2. The number of carbonyl (C=O) groups excluding carboxylic acids is 2. The molecule has 13 heteroatoms. The van der Waals surface area contributed by atoms with E-state index in [9.17, 15) is 31.5 Å². The van der Waals surface area contributed by atoms with Crippen LogP contribution in [0.25, 0.3) is 0 Å². The number of amides is 2. The van der Waals surface area contributed by atoms with Crippen LogP contribution in [-0.2, 0) is 14.3 Å². The fourth-order valence-corrected chi connectivity index (χ4v) is 2.88. The standard InChI is InChI=1S/C17H21F5N4O4/c1-25(9-17(20,21)22)12(7-23)15(28)24-10-2-3-11(13(6-10)30-16(18)19)26-4-5-29-8-14(26)27/h2-3,6,12,16H,4-5,7-9,23H2,1H3,(H,24,28)/t12-/m1/s1. The van der Waals surface area contributed by atoms with E-state index >= 15 is 0 Å². The van der Waals surface area contributed by atoms with Gasteiger partial charge in [-0.2, -0.15) is 22.0 Å². The van der Waals surface area contributed by atoms with Crippen LogP contribution >= 0.6 is 0 Å². The molecule has 1 heterocycles. The number of halogens is 5. The molecule has 3 N–H and O–H groups in total. The molecule has 1 aliphatic heterocycles. The highest BCUT2D eigenvalue weighted by atomic mass is 19.4. The Hall–Kier alpha value is -2.51. The lowest BCUT2D eigenvalue weighted by molar-refractivity contribution is -0.150. The molecule has 1 aromatic carbocycles. The van der Waals surface area contributed by atoms with E-state index in [1.165, 1.54) is 17.0 Å². The van der Waals surface area contributed by atoms with Gasteiger partial charge in [-0.15, -0.1) is 0 Å². The summed E-state index contributed by atoms with van der Waals surface area (Å²) in [5.41, 5.74) is 5.46. The van der Waals surface area contributed by atoms with E-state index in [2.05, 4.69) is 10.1 Å². The lowest BCUT2D eigenvalue weighted by atomic mass is 10.2. The summed E-state index contributed by atoms with van der Waals surface area (Å²) in [4.78, 5) is 26.3. The van der Waals surface area contributed by atoms with Gasteiger partial charge in [0.2, 0.25) is 5.91 Å². The molecule has 0 radical (unpaired) electrons. The van der Waals surface area contributed by atoms with Crippen LogP contribution in [0.15, 0.2) is 18.2 Å². The SMILES string of the molecule is CN(CC(F)(F)F)[C@H](CN)C(=O)Nc1ccc(N2CCOCC2=O)c(OC(F)F)c1. The molecule has 1 aromatic rings. The van der Waals surface area contributed by atoms with Crippen LogP contribution in [-0.4, -0.2) is 75.4 Å². The van der Waals surface area contributed by atoms with E-state index in [1.54, 1.807) is 0 Å². The number of alkyl halides is 5. The normalized spacial score (nSPS) is 16.2. The predicted molar refractivity (Wildman–Crippen MR) is 96.4 cm³/mol. The Morgan fingerprint density at radius 3 is 2.67 bits per heavy atom. The smallest absolute Gasteiger partial charge is 0.401 e. The van der Waals surface area contributed by atoms with Gasteiger partial charge in [0.1, 0.15) is 12.6 Å². The van der Waals surface area contributed by atoms with Crippen molar-refractivity contribution in [3.63, 3.8) is 0 Å². The number of nitrogens with one attached hydrogen (secondary N) is 1. The minimum Gasteiger partial charge on any atom is -0.433 e. The zero-order valence-corrected chi connectivity index (χ0v) is 15.9. The summed E-state index contributed by atoms with van der Waals surface area (Å²) in [5, 5.41) is 2.33. The fraction of sp³-hybridized carbons (Fsp3) is 0.529. The molecule has 1 atom stereocenters. The van der Waals surface area contributed by atoms with Crippen molar-refractivity contribution in [1.82, 2.24) is 4.90 Å². The molecule has 0 aliphatic carbocycles. The van der Waals surface area contributed by atoms with Gasteiger partial charge >= 0.3 is 12.8 Å². The van der Waals surface area contributed by atoms with Gasteiger partial charge in [0.25, 0.3) is 5.91 Å². The minimum atomic E-state index is -4.53. The average Bonchev–Trinajstić information content (AvgIpc) is 2.61. The van der Waals surface area contributed by atoms with Crippen molar-refractivity contribution in [3.05, 3.63) is 18.2 Å². The maximum absolute atomic E-state index is 12.8. The molecule has 2 amide bonds. The van der Waals surface area contributed by atoms with Crippen molar-refractivity contribution in [2.45, 2.75) is 18.8 Å². The van der Waals surface area contributed by atoms with E-state index in [0.717, 1.165) is 18.0 Å². The molecule has 1 fully saturated rings. The maximum atomic E-state index is 12.8. The quantitative estimate of drug-likeness (QED) is 0.594. The monoisotopic (exact) mass is 440 g/mol. The molecule has 0 unspecified atom stereocenters. The van der Waals surface area contributed by atoms with Crippen molar-refractivity contribution >= 4 is 23.2 Å². The Morgan fingerprint density at radius 1 is 1.40 bits per heavy atom. The number of nitrogens with two attached hydrogens (primary N) is 1. The fourth-order valence-electron chi connectivity index (χ4n) is 2.88. The Morgan fingerprint density at radius 2 is 2.10 bits per heavy atom. The first-order chi connectivity index (χ1) is 14.0. The van der Waals surface area contributed by atoms with E-state index in [-0.39, 0.29) is 36.9 Å². The van der Waals surface area contributed by atoms with Gasteiger partial charge < -0.3 is 25.4 Å². The summed E-state index contributed by atoms with van der Waals surface area (Å²) < 4.78 is 72.9. The highest BCUT2D eigenvalue weighted by Crippen LogP contribution is 2.33.